The van der Waals surface area contributed by atoms with Gasteiger partial charge in [-0.3, -0.25) is 0 Å². The SMILES string of the molecule is BrCCCCCNC1CCCCC1. The number of unbranched alkanes of at least 4 members (excludes halogenated alkanes) is 2. The van der Waals surface area contributed by atoms with Crippen LogP contribution in [0.2, 0.25) is 0 Å². The van der Waals surface area contributed by atoms with E-state index in [4.69, 9.17) is 0 Å². The van der Waals surface area contributed by atoms with E-state index in [1.165, 1.54) is 57.9 Å². The Balaban J connectivity index is 1.86. The van der Waals surface area contributed by atoms with Gasteiger partial charge in [0.25, 0.3) is 0 Å². The third kappa shape index (κ3) is 5.69. The molecule has 1 saturated carbocycles. The maximum absolute atomic E-state index is 3.67. The van der Waals surface area contributed by atoms with E-state index in [2.05, 4.69) is 21.2 Å². The smallest absolute Gasteiger partial charge is 0.00670 e. The van der Waals surface area contributed by atoms with Gasteiger partial charge in [-0.15, -0.1) is 0 Å². The van der Waals surface area contributed by atoms with Crippen LogP contribution in [0.1, 0.15) is 51.4 Å². The molecule has 0 aromatic heterocycles. The van der Waals surface area contributed by atoms with Crippen LogP contribution in [0.3, 0.4) is 0 Å². The van der Waals surface area contributed by atoms with Crippen molar-refractivity contribution >= 4 is 15.9 Å². The molecule has 0 aromatic rings. The molecule has 1 nitrogen and oxygen atoms in total. The molecule has 0 spiro atoms. The summed E-state index contributed by atoms with van der Waals surface area (Å²) < 4.78 is 0. The number of hydrogen-bond acceptors (Lipinski definition) is 1. The summed E-state index contributed by atoms with van der Waals surface area (Å²) in [5, 5.41) is 4.83. The Labute approximate surface area is 90.8 Å². The van der Waals surface area contributed by atoms with Crippen molar-refractivity contribution in [3.8, 4) is 0 Å². The van der Waals surface area contributed by atoms with Crippen molar-refractivity contribution in [1.82, 2.24) is 5.32 Å². The van der Waals surface area contributed by atoms with Crippen molar-refractivity contribution < 1.29 is 0 Å². The van der Waals surface area contributed by atoms with Crippen molar-refractivity contribution in [2.24, 2.45) is 0 Å². The van der Waals surface area contributed by atoms with Gasteiger partial charge in [0.1, 0.15) is 0 Å². The summed E-state index contributed by atoms with van der Waals surface area (Å²) in [7, 11) is 0. The monoisotopic (exact) mass is 247 g/mol. The Morgan fingerprint density at radius 1 is 1.00 bits per heavy atom. The molecule has 0 unspecified atom stereocenters. The van der Waals surface area contributed by atoms with Gasteiger partial charge in [-0.1, -0.05) is 41.6 Å². The zero-order chi connectivity index (χ0) is 9.36. The molecule has 1 aliphatic rings. The predicted octanol–water partition coefficient (Wildman–Crippen LogP) is 3.47. The van der Waals surface area contributed by atoms with Crippen LogP contribution in [0.25, 0.3) is 0 Å². The third-order valence-electron chi connectivity index (χ3n) is 2.85. The number of hydrogen-bond donors (Lipinski definition) is 1. The quantitative estimate of drug-likeness (QED) is 0.560. The van der Waals surface area contributed by atoms with Gasteiger partial charge >= 0.3 is 0 Å². The molecular weight excluding hydrogens is 226 g/mol. The second kappa shape index (κ2) is 7.81. The number of halogens is 1. The molecule has 0 radical (unpaired) electrons. The number of alkyl halides is 1. The first kappa shape index (κ1) is 11.5. The molecule has 1 N–H and O–H groups in total. The summed E-state index contributed by atoms with van der Waals surface area (Å²) in [5.41, 5.74) is 0. The lowest BCUT2D eigenvalue weighted by atomic mass is 9.95. The summed E-state index contributed by atoms with van der Waals surface area (Å²) in [5.74, 6) is 0. The molecule has 0 bridgehead atoms. The molecule has 78 valence electrons. The van der Waals surface area contributed by atoms with Crippen molar-refractivity contribution in [1.29, 1.82) is 0 Å². The van der Waals surface area contributed by atoms with E-state index in [9.17, 15) is 0 Å². The summed E-state index contributed by atoms with van der Waals surface area (Å²) in [6.45, 7) is 1.23. The third-order valence-corrected chi connectivity index (χ3v) is 3.41. The maximum atomic E-state index is 3.67. The minimum Gasteiger partial charge on any atom is -0.314 e. The average Bonchev–Trinajstić information content (AvgIpc) is 2.19. The first-order chi connectivity index (χ1) is 6.43. The van der Waals surface area contributed by atoms with Gasteiger partial charge < -0.3 is 5.32 Å². The lowest BCUT2D eigenvalue weighted by Crippen LogP contribution is -2.31. The lowest BCUT2D eigenvalue weighted by molar-refractivity contribution is 0.371. The second-order valence-electron chi connectivity index (χ2n) is 4.04. The molecule has 1 fully saturated rings. The van der Waals surface area contributed by atoms with Gasteiger partial charge in [0.05, 0.1) is 0 Å². The molecule has 1 aliphatic carbocycles. The van der Waals surface area contributed by atoms with Crippen LogP contribution in [0.15, 0.2) is 0 Å². The number of rotatable bonds is 6. The Bertz CT molecular complexity index is 111. The highest BCUT2D eigenvalue weighted by Crippen LogP contribution is 2.17. The molecule has 0 aromatic carbocycles. The van der Waals surface area contributed by atoms with E-state index < -0.39 is 0 Å². The Kier molecular flexibility index (Phi) is 6.92. The van der Waals surface area contributed by atoms with E-state index in [1.807, 2.05) is 0 Å². The molecule has 0 amide bonds. The van der Waals surface area contributed by atoms with Crippen molar-refractivity contribution in [3.05, 3.63) is 0 Å². The largest absolute Gasteiger partial charge is 0.314 e. The van der Waals surface area contributed by atoms with E-state index in [0.717, 1.165) is 11.4 Å². The Morgan fingerprint density at radius 2 is 1.77 bits per heavy atom. The highest BCUT2D eigenvalue weighted by molar-refractivity contribution is 9.09. The standard InChI is InChI=1S/C11H22BrN/c12-9-5-2-6-10-13-11-7-3-1-4-8-11/h11,13H,1-10H2. The van der Waals surface area contributed by atoms with Crippen LogP contribution >= 0.6 is 15.9 Å². The zero-order valence-corrected chi connectivity index (χ0v) is 10.1. The van der Waals surface area contributed by atoms with Crippen LogP contribution in [0.5, 0.6) is 0 Å². The fourth-order valence-electron chi connectivity index (χ4n) is 2.01. The highest BCUT2D eigenvalue weighted by atomic mass is 79.9. The average molecular weight is 248 g/mol. The van der Waals surface area contributed by atoms with Gasteiger partial charge in [-0.2, -0.15) is 0 Å². The van der Waals surface area contributed by atoms with Crippen LogP contribution in [0.4, 0.5) is 0 Å². The molecule has 0 atom stereocenters. The zero-order valence-electron chi connectivity index (χ0n) is 8.53. The molecule has 2 heteroatoms. The van der Waals surface area contributed by atoms with Crippen LogP contribution < -0.4 is 5.32 Å². The highest BCUT2D eigenvalue weighted by Gasteiger charge is 2.11. The number of nitrogens with one attached hydrogen (secondary N) is 1. The molecule has 0 saturated heterocycles. The fraction of sp³-hybridized carbons (Fsp3) is 1.00. The van der Waals surface area contributed by atoms with Crippen molar-refractivity contribution in [2.45, 2.75) is 57.4 Å². The summed E-state index contributed by atoms with van der Waals surface area (Å²) in [4.78, 5) is 0. The van der Waals surface area contributed by atoms with E-state index in [-0.39, 0.29) is 0 Å². The second-order valence-corrected chi connectivity index (χ2v) is 4.83. The summed E-state index contributed by atoms with van der Waals surface area (Å²) >= 11 is 3.46. The minimum atomic E-state index is 0.845. The van der Waals surface area contributed by atoms with Gasteiger partial charge in [0.2, 0.25) is 0 Å². The van der Waals surface area contributed by atoms with Gasteiger partial charge in [0, 0.05) is 11.4 Å². The molecule has 1 rings (SSSR count). The van der Waals surface area contributed by atoms with Gasteiger partial charge in [-0.25, -0.2) is 0 Å². The summed E-state index contributed by atoms with van der Waals surface area (Å²) in [6, 6.07) is 0.845. The lowest BCUT2D eigenvalue weighted by Gasteiger charge is -2.22. The van der Waals surface area contributed by atoms with E-state index >= 15 is 0 Å². The first-order valence-corrected chi connectivity index (χ1v) is 6.85. The fourth-order valence-corrected chi connectivity index (χ4v) is 2.41. The Hall–Kier alpha value is 0.440. The maximum Gasteiger partial charge on any atom is 0.00670 e. The van der Waals surface area contributed by atoms with Crippen LogP contribution in [-0.2, 0) is 0 Å². The van der Waals surface area contributed by atoms with Crippen molar-refractivity contribution in [3.63, 3.8) is 0 Å². The van der Waals surface area contributed by atoms with Crippen LogP contribution in [-0.4, -0.2) is 17.9 Å². The predicted molar refractivity (Wildman–Crippen MR) is 62.5 cm³/mol. The first-order valence-electron chi connectivity index (χ1n) is 5.73. The van der Waals surface area contributed by atoms with Gasteiger partial charge in [0.15, 0.2) is 0 Å². The van der Waals surface area contributed by atoms with E-state index in [0.29, 0.717) is 0 Å². The van der Waals surface area contributed by atoms with E-state index in [1.54, 1.807) is 0 Å². The molecule has 0 aliphatic heterocycles. The molecule has 0 heterocycles. The van der Waals surface area contributed by atoms with Gasteiger partial charge in [-0.05, 0) is 32.2 Å². The summed E-state index contributed by atoms with van der Waals surface area (Å²) in [6.07, 6.45) is 11.2. The van der Waals surface area contributed by atoms with Crippen LogP contribution in [0, 0.1) is 0 Å². The minimum absolute atomic E-state index is 0.845. The van der Waals surface area contributed by atoms with Crippen molar-refractivity contribution in [2.75, 3.05) is 11.9 Å². The molecule has 13 heavy (non-hydrogen) atoms. The normalized spacial score (nSPS) is 19.2. The molecular formula is C11H22BrN. The Morgan fingerprint density at radius 3 is 2.46 bits per heavy atom. The topological polar surface area (TPSA) is 12.0 Å².